The third-order valence-electron chi connectivity index (χ3n) is 3.11. The maximum Gasteiger partial charge on any atom is 0.144 e. The summed E-state index contributed by atoms with van der Waals surface area (Å²) in [5.74, 6) is 0.483. The van der Waals surface area contributed by atoms with E-state index in [1.807, 2.05) is 0 Å². The second kappa shape index (κ2) is 6.19. The fraction of sp³-hybridized carbons (Fsp3) is 0.571. The van der Waals surface area contributed by atoms with Gasteiger partial charge < -0.3 is 0 Å². The van der Waals surface area contributed by atoms with E-state index in [2.05, 4.69) is 27.0 Å². The third-order valence-corrected chi connectivity index (χ3v) is 4.20. The average Bonchev–Trinajstić information content (AvgIpc) is 2.52. The van der Waals surface area contributed by atoms with Crippen LogP contribution in [-0.2, 0) is 6.42 Å². The number of rotatable bonds is 6. The van der Waals surface area contributed by atoms with Gasteiger partial charge in [-0.3, -0.25) is 0 Å². The minimum absolute atomic E-state index is 0.120. The van der Waals surface area contributed by atoms with E-state index >= 15 is 0 Å². The molecule has 16 heavy (non-hydrogen) atoms. The highest BCUT2D eigenvalue weighted by Crippen LogP contribution is 2.20. The van der Waals surface area contributed by atoms with Crippen molar-refractivity contribution in [3.05, 3.63) is 20.4 Å². The first-order chi connectivity index (χ1) is 7.60. The first-order valence-corrected chi connectivity index (χ1v) is 6.86. The van der Waals surface area contributed by atoms with Crippen LogP contribution in [0, 0.1) is 11.7 Å². The minimum atomic E-state index is -0.120. The van der Waals surface area contributed by atoms with E-state index in [0.29, 0.717) is 11.1 Å². The first-order valence-electron chi connectivity index (χ1n) is 6.05. The minimum Gasteiger partial charge on any atom is -0.205 e. The van der Waals surface area contributed by atoms with Crippen LogP contribution in [-0.4, -0.2) is 0 Å². The Morgan fingerprint density at radius 1 is 1.31 bits per heavy atom. The van der Waals surface area contributed by atoms with Crippen molar-refractivity contribution in [1.29, 1.82) is 0 Å². The van der Waals surface area contributed by atoms with Crippen LogP contribution in [0.4, 0.5) is 4.39 Å². The Morgan fingerprint density at radius 3 is 2.44 bits per heavy atom. The van der Waals surface area contributed by atoms with Crippen molar-refractivity contribution in [3.63, 3.8) is 0 Å². The molecule has 1 aromatic heterocycles. The van der Waals surface area contributed by atoms with Gasteiger partial charge in [-0.25, -0.2) is 4.39 Å². The normalized spacial score (nSPS) is 12.9. The van der Waals surface area contributed by atoms with Gasteiger partial charge in [0.1, 0.15) is 5.82 Å². The molecule has 0 saturated carbocycles. The third kappa shape index (κ3) is 3.18. The average molecular weight is 240 g/mol. The Morgan fingerprint density at radius 2 is 2.00 bits per heavy atom. The summed E-state index contributed by atoms with van der Waals surface area (Å²) in [7, 11) is 0. The maximum absolute atomic E-state index is 13.7. The number of hydrogen-bond donors (Lipinski definition) is 0. The summed E-state index contributed by atoms with van der Waals surface area (Å²) in [5.41, 5.74) is 0. The predicted octanol–water partition coefficient (Wildman–Crippen LogP) is 3.47. The summed E-state index contributed by atoms with van der Waals surface area (Å²) < 4.78 is 14.5. The summed E-state index contributed by atoms with van der Waals surface area (Å²) in [6, 6.07) is 0. The zero-order chi connectivity index (χ0) is 12.1. The Kier molecular flexibility index (Phi) is 5.20. The molecule has 0 N–H and O–H groups in total. The molecule has 1 heterocycles. The lowest BCUT2D eigenvalue weighted by molar-refractivity contribution is 0.444. The van der Waals surface area contributed by atoms with Crippen LogP contribution in [0.25, 0.3) is 13.2 Å². The zero-order valence-corrected chi connectivity index (χ0v) is 11.1. The van der Waals surface area contributed by atoms with Crippen LogP contribution in [0.1, 0.15) is 44.4 Å². The van der Waals surface area contributed by atoms with Gasteiger partial charge in [0.2, 0.25) is 0 Å². The van der Waals surface area contributed by atoms with E-state index in [1.54, 1.807) is 0 Å². The topological polar surface area (TPSA) is 0 Å². The van der Waals surface area contributed by atoms with Gasteiger partial charge in [-0.15, -0.1) is 11.3 Å². The van der Waals surface area contributed by atoms with Gasteiger partial charge in [-0.1, -0.05) is 52.7 Å². The van der Waals surface area contributed by atoms with Crippen LogP contribution >= 0.6 is 11.3 Å². The Balaban J connectivity index is 2.74. The van der Waals surface area contributed by atoms with Crippen LogP contribution < -0.4 is 9.75 Å². The van der Waals surface area contributed by atoms with Crippen molar-refractivity contribution in [2.45, 2.75) is 46.0 Å². The molecular formula is C14H21FS. The Hall–Kier alpha value is -0.630. The first kappa shape index (κ1) is 13.4. The van der Waals surface area contributed by atoms with E-state index in [-0.39, 0.29) is 5.82 Å². The van der Waals surface area contributed by atoms with Crippen molar-refractivity contribution in [2.75, 3.05) is 0 Å². The number of hydrogen-bond acceptors (Lipinski definition) is 1. The van der Waals surface area contributed by atoms with Crippen molar-refractivity contribution < 1.29 is 4.39 Å². The fourth-order valence-electron chi connectivity index (χ4n) is 1.88. The van der Waals surface area contributed by atoms with E-state index in [4.69, 9.17) is 0 Å². The SMILES string of the molecule is C=c1sc(CC(CC)CCCC)c(F)c1=C. The van der Waals surface area contributed by atoms with Crippen LogP contribution in [0.2, 0.25) is 0 Å². The molecular weight excluding hydrogens is 219 g/mol. The highest BCUT2D eigenvalue weighted by Gasteiger charge is 2.13. The fourth-order valence-corrected chi connectivity index (χ4v) is 2.92. The molecule has 1 rings (SSSR count). The molecule has 90 valence electrons. The van der Waals surface area contributed by atoms with Gasteiger partial charge in [-0.2, -0.15) is 0 Å². The Labute approximate surface area is 102 Å². The number of unbranched alkanes of at least 4 members (excludes halogenated alkanes) is 1. The summed E-state index contributed by atoms with van der Waals surface area (Å²) in [6.07, 6.45) is 5.62. The largest absolute Gasteiger partial charge is 0.205 e. The van der Waals surface area contributed by atoms with E-state index in [1.165, 1.54) is 30.6 Å². The molecule has 1 atom stereocenters. The van der Waals surface area contributed by atoms with Gasteiger partial charge in [-0.05, 0) is 12.3 Å². The monoisotopic (exact) mass is 240 g/mol. The van der Waals surface area contributed by atoms with E-state index < -0.39 is 0 Å². The molecule has 0 radical (unpaired) electrons. The zero-order valence-electron chi connectivity index (χ0n) is 10.3. The summed E-state index contributed by atoms with van der Waals surface area (Å²) >= 11 is 1.47. The quantitative estimate of drug-likeness (QED) is 0.714. The van der Waals surface area contributed by atoms with Gasteiger partial charge in [0.25, 0.3) is 0 Å². The molecule has 0 bridgehead atoms. The van der Waals surface area contributed by atoms with Gasteiger partial charge in [0.15, 0.2) is 0 Å². The second-order valence-electron chi connectivity index (χ2n) is 4.36. The number of thiophene rings is 1. The molecule has 0 saturated heterocycles. The van der Waals surface area contributed by atoms with Gasteiger partial charge in [0.05, 0.1) is 0 Å². The molecule has 0 aliphatic carbocycles. The predicted molar refractivity (Wildman–Crippen MR) is 71.6 cm³/mol. The molecule has 1 aromatic rings. The van der Waals surface area contributed by atoms with Crippen LogP contribution in [0.3, 0.4) is 0 Å². The molecule has 0 nitrogen and oxygen atoms in total. The standard InChI is InChI=1S/C14H21FS/c1-5-7-8-12(6-2)9-13-14(15)10(3)11(4)16-13/h12H,3-9H2,1-2H3. The highest BCUT2D eigenvalue weighted by molar-refractivity contribution is 7.09. The van der Waals surface area contributed by atoms with Gasteiger partial charge in [0, 0.05) is 14.6 Å². The van der Waals surface area contributed by atoms with Crippen molar-refractivity contribution in [3.8, 4) is 0 Å². The summed E-state index contributed by atoms with van der Waals surface area (Å²) in [4.78, 5) is 0.845. The van der Waals surface area contributed by atoms with Crippen molar-refractivity contribution >= 4 is 24.5 Å². The lowest BCUT2D eigenvalue weighted by Crippen LogP contribution is -2.17. The summed E-state index contributed by atoms with van der Waals surface area (Å²) in [5, 5.41) is 0.491. The maximum atomic E-state index is 13.7. The highest BCUT2D eigenvalue weighted by atomic mass is 32.1. The molecule has 0 spiro atoms. The smallest absolute Gasteiger partial charge is 0.144 e. The number of halogens is 1. The molecule has 0 aliphatic rings. The lowest BCUT2D eigenvalue weighted by atomic mass is 9.95. The van der Waals surface area contributed by atoms with E-state index in [0.717, 1.165) is 22.3 Å². The lowest BCUT2D eigenvalue weighted by Gasteiger charge is -2.12. The molecule has 2 heteroatoms. The van der Waals surface area contributed by atoms with Crippen molar-refractivity contribution in [1.82, 2.24) is 0 Å². The van der Waals surface area contributed by atoms with E-state index in [9.17, 15) is 4.39 Å². The molecule has 0 aliphatic heterocycles. The Bertz CT molecular complexity index is 419. The molecule has 0 aromatic carbocycles. The molecule has 0 fully saturated rings. The van der Waals surface area contributed by atoms with Crippen LogP contribution in [0.5, 0.6) is 0 Å². The van der Waals surface area contributed by atoms with Crippen LogP contribution in [0.15, 0.2) is 0 Å². The summed E-state index contributed by atoms with van der Waals surface area (Å²) in [6.45, 7) is 11.9. The second-order valence-corrected chi connectivity index (χ2v) is 5.55. The molecule has 1 unspecified atom stereocenters. The molecule has 0 amide bonds. The van der Waals surface area contributed by atoms with Gasteiger partial charge >= 0.3 is 0 Å². The van der Waals surface area contributed by atoms with Crippen molar-refractivity contribution in [2.24, 2.45) is 5.92 Å².